The van der Waals surface area contributed by atoms with Gasteiger partial charge in [-0.25, -0.2) is 14.7 Å². The van der Waals surface area contributed by atoms with Gasteiger partial charge >= 0.3 is 0 Å². The Morgan fingerprint density at radius 3 is 0.708 bits per heavy atom. The Morgan fingerprint density at radius 1 is 0.375 bits per heavy atom. The molecule has 3 heterocycles. The van der Waals surface area contributed by atoms with Gasteiger partial charge in [0.2, 0.25) is 0 Å². The first-order valence-electron chi connectivity index (χ1n) is 15.8. The highest BCUT2D eigenvalue weighted by Crippen LogP contribution is 2.23. The number of benzene rings is 3. The second-order valence-electron chi connectivity index (χ2n) is 10.8. The Balaban J connectivity index is 0.000000231. The number of anilines is 3. The molecule has 9 nitrogen and oxygen atoms in total. The Kier molecular flexibility index (Phi) is 15.3. The zero-order valence-electron chi connectivity index (χ0n) is 28.6. The molecule has 0 aliphatic carbocycles. The second-order valence-corrected chi connectivity index (χ2v) is 10.8. The summed E-state index contributed by atoms with van der Waals surface area (Å²) >= 11 is 0. The minimum absolute atomic E-state index is 0.235. The number of para-hydroxylation sites is 3. The van der Waals surface area contributed by atoms with Crippen molar-refractivity contribution in [1.82, 2.24) is 0 Å². The van der Waals surface area contributed by atoms with Crippen LogP contribution in [0.1, 0.15) is 61.3 Å². The molecular weight excluding hydrogens is 606 g/mol. The van der Waals surface area contributed by atoms with Gasteiger partial charge in [-0.15, -0.1) is 0 Å². The summed E-state index contributed by atoms with van der Waals surface area (Å²) in [7, 11) is 0. The summed E-state index contributed by atoms with van der Waals surface area (Å²) in [5.74, 6) is -1.50. The third-order valence-electron chi connectivity index (χ3n) is 6.35. The lowest BCUT2D eigenvalue weighted by molar-refractivity contribution is -0.121. The molecule has 3 aromatic rings. The van der Waals surface area contributed by atoms with E-state index in [1.807, 2.05) is 18.2 Å². The highest BCUT2D eigenvalue weighted by atomic mass is 16.2. The van der Waals surface area contributed by atoms with Crippen LogP contribution in [0.15, 0.2) is 126 Å². The van der Waals surface area contributed by atoms with Crippen molar-refractivity contribution in [3.8, 4) is 0 Å². The molecule has 0 bridgehead atoms. The van der Waals surface area contributed by atoms with Gasteiger partial charge in [-0.3, -0.25) is 28.8 Å². The Labute approximate surface area is 282 Å². The molecule has 0 fully saturated rings. The summed E-state index contributed by atoms with van der Waals surface area (Å²) in [6.45, 7) is 13.4. The van der Waals surface area contributed by atoms with Gasteiger partial charge in [0.1, 0.15) is 0 Å². The van der Waals surface area contributed by atoms with Crippen LogP contribution in [-0.2, 0) is 28.8 Å². The predicted molar refractivity (Wildman–Crippen MR) is 190 cm³/mol. The Morgan fingerprint density at radius 2 is 0.562 bits per heavy atom. The van der Waals surface area contributed by atoms with Crippen LogP contribution in [0.4, 0.5) is 17.1 Å². The van der Waals surface area contributed by atoms with E-state index in [0.717, 1.165) is 0 Å². The molecule has 3 aliphatic rings. The molecule has 6 rings (SSSR count). The number of amides is 6. The summed E-state index contributed by atoms with van der Waals surface area (Å²) in [5, 5.41) is 0. The van der Waals surface area contributed by atoms with E-state index in [9.17, 15) is 28.8 Å². The van der Waals surface area contributed by atoms with Crippen molar-refractivity contribution in [1.29, 1.82) is 0 Å². The largest absolute Gasteiger partial charge is 0.269 e. The van der Waals surface area contributed by atoms with Gasteiger partial charge in [-0.05, 0) is 57.2 Å². The lowest BCUT2D eigenvalue weighted by atomic mass is 10.3. The van der Waals surface area contributed by atoms with Crippen molar-refractivity contribution < 1.29 is 28.8 Å². The molecule has 0 N–H and O–H groups in total. The van der Waals surface area contributed by atoms with E-state index in [0.29, 0.717) is 33.8 Å². The standard InChI is InChI=1S/3C11H9NO2.2C3H8/c3*1-8-7-10(13)12(11(8)14)9-5-3-2-4-6-9;2*1-3-2/h3*2-7H,1H3;2*3H2,1-2H3. The average molecular weight is 650 g/mol. The van der Waals surface area contributed by atoms with E-state index in [4.69, 9.17) is 0 Å². The van der Waals surface area contributed by atoms with E-state index in [1.165, 1.54) is 45.8 Å². The number of imide groups is 3. The van der Waals surface area contributed by atoms with Crippen molar-refractivity contribution in [3.05, 3.63) is 126 Å². The Hall–Kier alpha value is -5.70. The van der Waals surface area contributed by atoms with Crippen LogP contribution in [0.2, 0.25) is 0 Å². The number of carbonyl (C=O) groups excluding carboxylic acids is 6. The fraction of sp³-hybridized carbons (Fsp3) is 0.231. The van der Waals surface area contributed by atoms with Crippen molar-refractivity contribution >= 4 is 52.5 Å². The average Bonchev–Trinajstić information content (AvgIpc) is 3.60. The van der Waals surface area contributed by atoms with E-state index in [2.05, 4.69) is 27.7 Å². The summed E-state index contributed by atoms with van der Waals surface area (Å²) < 4.78 is 0. The van der Waals surface area contributed by atoms with Gasteiger partial charge in [0, 0.05) is 34.9 Å². The predicted octanol–water partition coefficient (Wildman–Crippen LogP) is 7.35. The van der Waals surface area contributed by atoms with Gasteiger partial charge < -0.3 is 0 Å². The van der Waals surface area contributed by atoms with Crippen LogP contribution in [0, 0.1) is 0 Å². The molecule has 6 amide bonds. The quantitative estimate of drug-likeness (QED) is 0.274. The lowest BCUT2D eigenvalue weighted by Gasteiger charge is -2.13. The van der Waals surface area contributed by atoms with E-state index >= 15 is 0 Å². The van der Waals surface area contributed by atoms with Crippen LogP contribution in [0.3, 0.4) is 0 Å². The number of hydrogen-bond donors (Lipinski definition) is 0. The first-order chi connectivity index (χ1) is 22.9. The molecule has 48 heavy (non-hydrogen) atoms. The molecule has 9 heteroatoms. The Bertz CT molecular complexity index is 1490. The summed E-state index contributed by atoms with van der Waals surface area (Å²) in [4.78, 5) is 72.5. The minimum Gasteiger partial charge on any atom is -0.269 e. The van der Waals surface area contributed by atoms with E-state index in [1.54, 1.807) is 93.6 Å². The van der Waals surface area contributed by atoms with Gasteiger partial charge in [-0.1, -0.05) is 95.1 Å². The molecule has 0 unspecified atom stereocenters. The van der Waals surface area contributed by atoms with Crippen molar-refractivity contribution in [2.45, 2.75) is 61.3 Å². The third kappa shape index (κ3) is 10.2. The van der Waals surface area contributed by atoms with Crippen molar-refractivity contribution in [2.75, 3.05) is 14.7 Å². The first-order valence-corrected chi connectivity index (χ1v) is 15.8. The molecule has 0 radical (unpaired) electrons. The number of nitrogens with zero attached hydrogens (tertiary/aromatic N) is 3. The maximum Gasteiger partial charge on any atom is 0.261 e. The molecule has 0 aromatic heterocycles. The fourth-order valence-corrected chi connectivity index (χ4v) is 4.23. The molecule has 3 aromatic carbocycles. The topological polar surface area (TPSA) is 112 Å². The van der Waals surface area contributed by atoms with Gasteiger partial charge in [0.05, 0.1) is 17.1 Å². The monoisotopic (exact) mass is 649 g/mol. The zero-order valence-corrected chi connectivity index (χ0v) is 28.6. The third-order valence-corrected chi connectivity index (χ3v) is 6.35. The summed E-state index contributed by atoms with van der Waals surface area (Å²) in [5.41, 5.74) is 3.32. The van der Waals surface area contributed by atoms with Crippen LogP contribution < -0.4 is 14.7 Å². The molecule has 3 aliphatic heterocycles. The number of carbonyl (C=O) groups is 6. The van der Waals surface area contributed by atoms with Gasteiger partial charge in [0.25, 0.3) is 35.4 Å². The van der Waals surface area contributed by atoms with E-state index in [-0.39, 0.29) is 35.4 Å². The number of rotatable bonds is 3. The summed E-state index contributed by atoms with van der Waals surface area (Å²) in [6.07, 6.45) is 6.57. The molecule has 0 saturated carbocycles. The molecule has 250 valence electrons. The smallest absolute Gasteiger partial charge is 0.261 e. The normalized spacial score (nSPS) is 14.8. The van der Waals surface area contributed by atoms with Crippen LogP contribution in [0.25, 0.3) is 0 Å². The first kappa shape index (κ1) is 38.5. The van der Waals surface area contributed by atoms with Crippen molar-refractivity contribution in [2.24, 2.45) is 0 Å². The highest BCUT2D eigenvalue weighted by molar-refractivity contribution is 6.31. The van der Waals surface area contributed by atoms with Crippen LogP contribution in [-0.4, -0.2) is 35.4 Å². The lowest BCUT2D eigenvalue weighted by Crippen LogP contribution is -2.30. The van der Waals surface area contributed by atoms with Crippen molar-refractivity contribution in [3.63, 3.8) is 0 Å². The van der Waals surface area contributed by atoms with Gasteiger partial charge in [0.15, 0.2) is 0 Å². The van der Waals surface area contributed by atoms with E-state index < -0.39 is 0 Å². The number of hydrogen-bond acceptors (Lipinski definition) is 6. The highest BCUT2D eigenvalue weighted by Gasteiger charge is 2.31. The molecular formula is C39H43N3O6. The zero-order chi connectivity index (χ0) is 35.8. The molecule has 0 saturated heterocycles. The SMILES string of the molecule is CC1=CC(=O)N(c2ccccc2)C1=O.CC1=CC(=O)N(c2ccccc2)C1=O.CC1=CC(=O)N(c2ccccc2)C1=O.CCC.CCC. The fourth-order valence-electron chi connectivity index (χ4n) is 4.23. The second kappa shape index (κ2) is 19.1. The maximum atomic E-state index is 11.6. The van der Waals surface area contributed by atoms with Crippen LogP contribution in [0.5, 0.6) is 0 Å². The van der Waals surface area contributed by atoms with Crippen LogP contribution >= 0.6 is 0 Å². The van der Waals surface area contributed by atoms with Gasteiger partial charge in [-0.2, -0.15) is 0 Å². The minimum atomic E-state index is -0.265. The molecule has 0 spiro atoms. The molecule has 0 atom stereocenters. The summed E-state index contributed by atoms with van der Waals surface area (Å²) in [6, 6.07) is 26.7. The maximum absolute atomic E-state index is 11.6.